The van der Waals surface area contributed by atoms with Gasteiger partial charge in [-0.25, -0.2) is 0 Å². The molecule has 0 aliphatic carbocycles. The van der Waals surface area contributed by atoms with E-state index in [0.717, 1.165) is 0 Å². The van der Waals surface area contributed by atoms with Crippen LogP contribution in [0.15, 0.2) is 24.3 Å². The van der Waals surface area contributed by atoms with Crippen molar-refractivity contribution in [2.75, 3.05) is 0 Å². The number of rotatable bonds is 3. The molecule has 16 heavy (non-hydrogen) atoms. The molecule has 1 aromatic rings. The number of hydrogen-bond acceptors (Lipinski definition) is 0. The Hall–Kier alpha value is -0.780. The minimum atomic E-state index is 0.311. The molecule has 0 spiro atoms. The van der Waals surface area contributed by atoms with Gasteiger partial charge in [-0.2, -0.15) is 0 Å². The van der Waals surface area contributed by atoms with Crippen LogP contribution in [-0.2, 0) is 5.41 Å². The van der Waals surface area contributed by atoms with Crippen LogP contribution >= 0.6 is 0 Å². The maximum atomic E-state index is 2.39. The maximum Gasteiger partial charge on any atom is -0.00729 e. The van der Waals surface area contributed by atoms with Crippen LogP contribution in [0, 0.1) is 12.3 Å². The summed E-state index contributed by atoms with van der Waals surface area (Å²) in [7, 11) is 0. The molecule has 1 unspecified atom stereocenters. The highest BCUT2D eigenvalue weighted by atomic mass is 14.3. The second-order valence-corrected chi connectivity index (χ2v) is 6.52. The van der Waals surface area contributed by atoms with E-state index in [9.17, 15) is 0 Å². The lowest BCUT2D eigenvalue weighted by Crippen LogP contribution is -2.27. The molecule has 0 nitrogen and oxygen atoms in total. The first kappa shape index (κ1) is 13.3. The van der Waals surface area contributed by atoms with Crippen LogP contribution < -0.4 is 0 Å². The van der Waals surface area contributed by atoms with Crippen LogP contribution in [0.2, 0.25) is 0 Å². The van der Waals surface area contributed by atoms with E-state index in [1.54, 1.807) is 0 Å². The Bertz CT molecular complexity index is 326. The Morgan fingerprint density at radius 3 is 1.81 bits per heavy atom. The molecule has 0 amide bonds. The minimum absolute atomic E-state index is 0.311. The Balaban J connectivity index is 3.00. The van der Waals surface area contributed by atoms with Gasteiger partial charge < -0.3 is 0 Å². The lowest BCUT2D eigenvalue weighted by molar-refractivity contribution is 0.261. The van der Waals surface area contributed by atoms with Gasteiger partial charge >= 0.3 is 0 Å². The van der Waals surface area contributed by atoms with Gasteiger partial charge in [0.1, 0.15) is 0 Å². The fraction of sp³-hybridized carbons (Fsp3) is 0.625. The molecule has 1 rings (SSSR count). The number of hydrogen-bond donors (Lipinski definition) is 0. The molecule has 0 heterocycles. The van der Waals surface area contributed by atoms with Gasteiger partial charge in [-0.05, 0) is 36.2 Å². The van der Waals surface area contributed by atoms with E-state index < -0.39 is 0 Å². The predicted octanol–water partition coefficient (Wildman–Crippen LogP) is 5.10. The van der Waals surface area contributed by atoms with Crippen molar-refractivity contribution in [2.24, 2.45) is 5.41 Å². The van der Waals surface area contributed by atoms with E-state index in [0.29, 0.717) is 10.8 Å². The molecule has 1 atom stereocenters. The monoisotopic (exact) mass is 218 g/mol. The Morgan fingerprint density at radius 2 is 1.44 bits per heavy atom. The minimum Gasteiger partial charge on any atom is -0.0645 e. The van der Waals surface area contributed by atoms with E-state index in [1.807, 2.05) is 0 Å². The van der Waals surface area contributed by atoms with Gasteiger partial charge in [0.05, 0.1) is 0 Å². The lowest BCUT2D eigenvalue weighted by Gasteiger charge is -2.35. The predicted molar refractivity (Wildman–Crippen MR) is 72.9 cm³/mol. The van der Waals surface area contributed by atoms with Crippen LogP contribution in [-0.4, -0.2) is 0 Å². The van der Waals surface area contributed by atoms with Crippen molar-refractivity contribution in [1.82, 2.24) is 0 Å². The van der Waals surface area contributed by atoms with Crippen molar-refractivity contribution in [3.05, 3.63) is 35.4 Å². The first-order valence-corrected chi connectivity index (χ1v) is 6.34. The highest BCUT2D eigenvalue weighted by Gasteiger charge is 2.29. The van der Waals surface area contributed by atoms with E-state index in [1.165, 1.54) is 24.0 Å². The third-order valence-electron chi connectivity index (χ3n) is 3.45. The number of benzene rings is 1. The molecule has 0 aromatic heterocycles. The van der Waals surface area contributed by atoms with Crippen molar-refractivity contribution in [3.8, 4) is 0 Å². The molecule has 0 fully saturated rings. The average molecular weight is 218 g/mol. The van der Waals surface area contributed by atoms with Gasteiger partial charge in [-0.15, -0.1) is 0 Å². The quantitative estimate of drug-likeness (QED) is 0.662. The fourth-order valence-corrected chi connectivity index (χ4v) is 2.56. The van der Waals surface area contributed by atoms with Crippen molar-refractivity contribution in [1.29, 1.82) is 0 Å². The molecule has 0 aliphatic rings. The highest BCUT2D eigenvalue weighted by molar-refractivity contribution is 5.28. The lowest BCUT2D eigenvalue weighted by atomic mass is 9.69. The molecule has 0 radical (unpaired) electrons. The van der Waals surface area contributed by atoms with Gasteiger partial charge in [0, 0.05) is 0 Å². The third kappa shape index (κ3) is 3.37. The smallest absolute Gasteiger partial charge is 0.00729 e. The zero-order chi connectivity index (χ0) is 12.4. The van der Waals surface area contributed by atoms with Gasteiger partial charge in [-0.1, -0.05) is 64.4 Å². The Morgan fingerprint density at radius 1 is 0.938 bits per heavy atom. The summed E-state index contributed by atoms with van der Waals surface area (Å²) in [5.74, 6) is 0. The van der Waals surface area contributed by atoms with Crippen molar-refractivity contribution in [2.45, 2.75) is 59.8 Å². The summed E-state index contributed by atoms with van der Waals surface area (Å²) < 4.78 is 0. The second-order valence-electron chi connectivity index (χ2n) is 6.52. The number of aryl methyl sites for hydroxylation is 1. The van der Waals surface area contributed by atoms with Crippen molar-refractivity contribution in [3.63, 3.8) is 0 Å². The maximum absolute atomic E-state index is 2.39. The van der Waals surface area contributed by atoms with Gasteiger partial charge in [0.25, 0.3) is 0 Å². The van der Waals surface area contributed by atoms with Gasteiger partial charge in [0.15, 0.2) is 0 Å². The molecular formula is C16H26. The largest absolute Gasteiger partial charge is 0.0645 e. The summed E-state index contributed by atoms with van der Waals surface area (Å²) in [4.78, 5) is 0. The summed E-state index contributed by atoms with van der Waals surface area (Å²) in [6.07, 6.45) is 2.44. The van der Waals surface area contributed by atoms with E-state index in [-0.39, 0.29) is 0 Å². The van der Waals surface area contributed by atoms with E-state index >= 15 is 0 Å². The van der Waals surface area contributed by atoms with Crippen LogP contribution in [0.3, 0.4) is 0 Å². The normalized spacial score (nSPS) is 15.9. The molecule has 90 valence electrons. The Labute approximate surface area is 101 Å². The summed E-state index contributed by atoms with van der Waals surface area (Å²) >= 11 is 0. The highest BCUT2D eigenvalue weighted by Crippen LogP contribution is 2.38. The summed E-state index contributed by atoms with van der Waals surface area (Å²) in [5.41, 5.74) is 3.52. The first-order chi connectivity index (χ1) is 7.27. The summed E-state index contributed by atoms with van der Waals surface area (Å²) in [5, 5.41) is 0. The third-order valence-corrected chi connectivity index (χ3v) is 3.45. The fourth-order valence-electron chi connectivity index (χ4n) is 2.56. The first-order valence-electron chi connectivity index (χ1n) is 6.34. The molecule has 0 saturated carbocycles. The molecule has 0 bridgehead atoms. The Kier molecular flexibility index (Phi) is 3.83. The molecule has 0 heteroatoms. The van der Waals surface area contributed by atoms with E-state index in [4.69, 9.17) is 0 Å². The second kappa shape index (κ2) is 4.61. The van der Waals surface area contributed by atoms with E-state index in [2.05, 4.69) is 65.8 Å². The molecule has 0 N–H and O–H groups in total. The zero-order valence-corrected chi connectivity index (χ0v) is 11.7. The zero-order valence-electron chi connectivity index (χ0n) is 11.7. The van der Waals surface area contributed by atoms with Gasteiger partial charge in [0.2, 0.25) is 0 Å². The van der Waals surface area contributed by atoms with Crippen molar-refractivity contribution < 1.29 is 0 Å². The SMILES string of the molecule is CCC(C)(CC(C)(C)C)c1ccc(C)cc1. The van der Waals surface area contributed by atoms with Crippen LogP contribution in [0.1, 0.15) is 58.6 Å². The van der Waals surface area contributed by atoms with Crippen LogP contribution in [0.5, 0.6) is 0 Å². The van der Waals surface area contributed by atoms with Crippen molar-refractivity contribution >= 4 is 0 Å². The topological polar surface area (TPSA) is 0 Å². The molecule has 0 aliphatic heterocycles. The van der Waals surface area contributed by atoms with Crippen LogP contribution in [0.25, 0.3) is 0 Å². The molecular weight excluding hydrogens is 192 g/mol. The average Bonchev–Trinajstić information content (AvgIpc) is 2.16. The molecule has 0 saturated heterocycles. The van der Waals surface area contributed by atoms with Gasteiger partial charge in [-0.3, -0.25) is 0 Å². The standard InChI is InChI=1S/C16H26/c1-7-16(6,12-15(3,4)5)14-10-8-13(2)9-11-14/h8-11H,7,12H2,1-6H3. The molecule has 1 aromatic carbocycles. The summed E-state index contributed by atoms with van der Waals surface area (Å²) in [6.45, 7) is 13.8. The summed E-state index contributed by atoms with van der Waals surface area (Å²) in [6, 6.07) is 9.05. The van der Waals surface area contributed by atoms with Crippen LogP contribution in [0.4, 0.5) is 0 Å².